The van der Waals surface area contributed by atoms with E-state index in [2.05, 4.69) is 5.32 Å². The van der Waals surface area contributed by atoms with Crippen LogP contribution in [0.4, 0.5) is 8.78 Å². The Kier molecular flexibility index (Phi) is 5.14. The summed E-state index contributed by atoms with van der Waals surface area (Å²) < 4.78 is 32.3. The van der Waals surface area contributed by atoms with Crippen molar-refractivity contribution in [2.45, 2.75) is 38.1 Å². The standard InChI is InChI=1S/C15H21F2NO/c1-18-14(11-6-3-2-4-7-11)10-19-15-12(16)8-5-9-13(15)17/h5,8-9,11,14,18H,2-4,6-7,10H2,1H3. The van der Waals surface area contributed by atoms with Crippen LogP contribution in [-0.4, -0.2) is 19.7 Å². The van der Waals surface area contributed by atoms with Crippen molar-refractivity contribution in [2.24, 2.45) is 5.92 Å². The lowest BCUT2D eigenvalue weighted by atomic mass is 9.84. The van der Waals surface area contributed by atoms with Crippen molar-refractivity contribution in [3.8, 4) is 5.75 Å². The first-order valence-electron chi connectivity index (χ1n) is 6.96. The molecule has 2 nitrogen and oxygen atoms in total. The van der Waals surface area contributed by atoms with Crippen molar-refractivity contribution in [3.05, 3.63) is 29.8 Å². The third-order valence-electron chi connectivity index (χ3n) is 3.92. The van der Waals surface area contributed by atoms with Gasteiger partial charge in [0.25, 0.3) is 0 Å². The quantitative estimate of drug-likeness (QED) is 0.883. The highest BCUT2D eigenvalue weighted by Crippen LogP contribution is 2.27. The van der Waals surface area contributed by atoms with E-state index in [1.165, 1.54) is 37.5 Å². The first-order chi connectivity index (χ1) is 9.22. The second-order valence-corrected chi connectivity index (χ2v) is 5.16. The van der Waals surface area contributed by atoms with Gasteiger partial charge >= 0.3 is 0 Å². The van der Waals surface area contributed by atoms with Gasteiger partial charge in [-0.1, -0.05) is 25.3 Å². The molecule has 0 aromatic heterocycles. The van der Waals surface area contributed by atoms with Crippen LogP contribution in [0.5, 0.6) is 5.75 Å². The Morgan fingerprint density at radius 1 is 1.21 bits per heavy atom. The smallest absolute Gasteiger partial charge is 0.190 e. The molecular weight excluding hydrogens is 248 g/mol. The highest BCUT2D eigenvalue weighted by atomic mass is 19.1. The Bertz CT molecular complexity index is 385. The van der Waals surface area contributed by atoms with Crippen LogP contribution in [0, 0.1) is 17.6 Å². The van der Waals surface area contributed by atoms with Crippen molar-refractivity contribution in [1.82, 2.24) is 5.32 Å². The Balaban J connectivity index is 1.95. The zero-order valence-corrected chi connectivity index (χ0v) is 11.3. The van der Waals surface area contributed by atoms with Gasteiger partial charge in [0.15, 0.2) is 17.4 Å². The molecule has 1 N–H and O–H groups in total. The number of halogens is 2. The molecule has 1 aliphatic carbocycles. The molecule has 1 fully saturated rings. The van der Waals surface area contributed by atoms with Gasteiger partial charge in [-0.25, -0.2) is 8.78 Å². The molecule has 1 aromatic carbocycles. The third-order valence-corrected chi connectivity index (χ3v) is 3.92. The molecule has 0 saturated heterocycles. The molecule has 0 amide bonds. The summed E-state index contributed by atoms with van der Waals surface area (Å²) in [5.41, 5.74) is 0. The molecule has 0 heterocycles. The summed E-state index contributed by atoms with van der Waals surface area (Å²) in [7, 11) is 1.88. The lowest BCUT2D eigenvalue weighted by Gasteiger charge is -2.30. The maximum Gasteiger partial charge on any atom is 0.190 e. The van der Waals surface area contributed by atoms with Gasteiger partial charge in [0.2, 0.25) is 0 Å². The van der Waals surface area contributed by atoms with Crippen LogP contribution >= 0.6 is 0 Å². The van der Waals surface area contributed by atoms with Gasteiger partial charge in [-0.3, -0.25) is 0 Å². The number of hydrogen-bond acceptors (Lipinski definition) is 2. The summed E-state index contributed by atoms with van der Waals surface area (Å²) in [6, 6.07) is 3.92. The third kappa shape index (κ3) is 3.66. The van der Waals surface area contributed by atoms with Gasteiger partial charge in [0, 0.05) is 6.04 Å². The van der Waals surface area contributed by atoms with Crippen LogP contribution in [0.3, 0.4) is 0 Å². The molecule has 1 unspecified atom stereocenters. The molecule has 0 bridgehead atoms. The van der Waals surface area contributed by atoms with E-state index in [4.69, 9.17) is 4.74 Å². The largest absolute Gasteiger partial charge is 0.486 e. The normalized spacial score (nSPS) is 18.3. The molecule has 1 atom stereocenters. The summed E-state index contributed by atoms with van der Waals surface area (Å²) >= 11 is 0. The number of nitrogens with one attached hydrogen (secondary N) is 1. The second kappa shape index (κ2) is 6.85. The van der Waals surface area contributed by atoms with Crippen LogP contribution in [0.15, 0.2) is 18.2 Å². The van der Waals surface area contributed by atoms with E-state index in [0.29, 0.717) is 12.5 Å². The zero-order valence-electron chi connectivity index (χ0n) is 11.3. The van der Waals surface area contributed by atoms with Crippen LogP contribution < -0.4 is 10.1 Å². The number of ether oxygens (including phenoxy) is 1. The fraction of sp³-hybridized carbons (Fsp3) is 0.600. The lowest BCUT2D eigenvalue weighted by Crippen LogP contribution is -2.39. The van der Waals surface area contributed by atoms with Gasteiger partial charge in [-0.05, 0) is 37.9 Å². The van der Waals surface area contributed by atoms with Crippen molar-refractivity contribution < 1.29 is 13.5 Å². The monoisotopic (exact) mass is 269 g/mol. The van der Waals surface area contributed by atoms with Gasteiger partial charge in [-0.2, -0.15) is 0 Å². The lowest BCUT2D eigenvalue weighted by molar-refractivity contribution is 0.183. The molecule has 0 aliphatic heterocycles. The molecule has 19 heavy (non-hydrogen) atoms. The van der Waals surface area contributed by atoms with Crippen molar-refractivity contribution in [1.29, 1.82) is 0 Å². The molecule has 1 aliphatic rings. The van der Waals surface area contributed by atoms with Crippen molar-refractivity contribution in [3.63, 3.8) is 0 Å². The number of hydrogen-bond donors (Lipinski definition) is 1. The first kappa shape index (κ1) is 14.3. The minimum atomic E-state index is -0.640. The minimum absolute atomic E-state index is 0.152. The summed E-state index contributed by atoms with van der Waals surface area (Å²) in [6.45, 7) is 0.305. The molecule has 0 radical (unpaired) electrons. The highest BCUT2D eigenvalue weighted by molar-refractivity contribution is 5.26. The Morgan fingerprint density at radius 3 is 2.42 bits per heavy atom. The van der Waals surface area contributed by atoms with Crippen LogP contribution in [0.2, 0.25) is 0 Å². The zero-order chi connectivity index (χ0) is 13.7. The second-order valence-electron chi connectivity index (χ2n) is 5.16. The first-order valence-corrected chi connectivity index (χ1v) is 6.96. The molecule has 1 aromatic rings. The maximum atomic E-state index is 13.5. The maximum absolute atomic E-state index is 13.5. The van der Waals surface area contributed by atoms with E-state index in [0.717, 1.165) is 12.8 Å². The molecule has 1 saturated carbocycles. The fourth-order valence-electron chi connectivity index (χ4n) is 2.79. The van der Waals surface area contributed by atoms with Crippen LogP contribution in [-0.2, 0) is 0 Å². The molecular formula is C15H21F2NO. The van der Waals surface area contributed by atoms with E-state index >= 15 is 0 Å². The van der Waals surface area contributed by atoms with Crippen LogP contribution in [0.25, 0.3) is 0 Å². The number of likely N-dealkylation sites (N-methyl/N-ethyl adjacent to an activating group) is 1. The van der Waals surface area contributed by atoms with Crippen molar-refractivity contribution in [2.75, 3.05) is 13.7 Å². The average Bonchev–Trinajstić information content (AvgIpc) is 2.43. The Morgan fingerprint density at radius 2 is 1.84 bits per heavy atom. The predicted octanol–water partition coefficient (Wildman–Crippen LogP) is 3.51. The summed E-state index contributed by atoms with van der Waals surface area (Å²) in [5, 5.41) is 3.21. The summed E-state index contributed by atoms with van der Waals surface area (Å²) in [4.78, 5) is 0. The van der Waals surface area contributed by atoms with Crippen molar-refractivity contribution >= 4 is 0 Å². The van der Waals surface area contributed by atoms with Gasteiger partial charge in [-0.15, -0.1) is 0 Å². The highest BCUT2D eigenvalue weighted by Gasteiger charge is 2.23. The van der Waals surface area contributed by atoms with E-state index in [9.17, 15) is 8.78 Å². The number of benzene rings is 1. The number of rotatable bonds is 5. The van der Waals surface area contributed by atoms with E-state index in [1.807, 2.05) is 7.05 Å². The topological polar surface area (TPSA) is 21.3 Å². The van der Waals surface area contributed by atoms with E-state index in [1.54, 1.807) is 0 Å². The van der Waals surface area contributed by atoms with Gasteiger partial charge < -0.3 is 10.1 Å². The van der Waals surface area contributed by atoms with Gasteiger partial charge in [0.1, 0.15) is 6.61 Å². The minimum Gasteiger partial charge on any atom is -0.486 e. The van der Waals surface area contributed by atoms with Crippen LogP contribution in [0.1, 0.15) is 32.1 Å². The van der Waals surface area contributed by atoms with E-state index < -0.39 is 11.6 Å². The Labute approximate surface area is 113 Å². The fourth-order valence-corrected chi connectivity index (χ4v) is 2.79. The molecule has 0 spiro atoms. The summed E-state index contributed by atoms with van der Waals surface area (Å²) in [6.07, 6.45) is 6.08. The molecule has 106 valence electrons. The predicted molar refractivity (Wildman–Crippen MR) is 71.3 cm³/mol. The molecule has 4 heteroatoms. The average molecular weight is 269 g/mol. The number of para-hydroxylation sites is 1. The SMILES string of the molecule is CNC(COc1c(F)cccc1F)C1CCCCC1. The molecule has 2 rings (SSSR count). The van der Waals surface area contributed by atoms with E-state index in [-0.39, 0.29) is 11.8 Å². The van der Waals surface area contributed by atoms with Gasteiger partial charge in [0.05, 0.1) is 0 Å². The Hall–Kier alpha value is -1.16. The summed E-state index contributed by atoms with van der Waals surface area (Å²) in [5.74, 6) is -1.01.